The number of hydrogen-bond donors (Lipinski definition) is 1. The van der Waals surface area contributed by atoms with Gasteiger partial charge in [0.15, 0.2) is 0 Å². The Labute approximate surface area is 97.4 Å². The molecule has 0 bridgehead atoms. The highest BCUT2D eigenvalue weighted by atomic mass is 16.5. The van der Waals surface area contributed by atoms with Gasteiger partial charge in [0.25, 0.3) is 0 Å². The normalized spacial score (nSPS) is 20.5. The lowest BCUT2D eigenvalue weighted by Crippen LogP contribution is -2.37. The topological polar surface area (TPSA) is 24.5 Å². The Hall–Kier alpha value is -1.22. The fourth-order valence-electron chi connectivity index (χ4n) is 2.03. The molecule has 3 heteroatoms. The second kappa shape index (κ2) is 5.21. The van der Waals surface area contributed by atoms with Gasteiger partial charge in [-0.2, -0.15) is 0 Å². The lowest BCUT2D eigenvalue weighted by Gasteiger charge is -2.26. The standard InChI is InChI=1S/C13H20N2O/c1-15(2)12-7-3-4-8-13(12)16-11-6-5-9-14-10-11/h3-4,7-8,11,14H,5-6,9-10H2,1-2H3. The molecule has 0 saturated carbocycles. The van der Waals surface area contributed by atoms with Gasteiger partial charge in [0.1, 0.15) is 11.9 Å². The van der Waals surface area contributed by atoms with E-state index in [0.29, 0.717) is 6.10 Å². The molecule has 0 aliphatic carbocycles. The number of nitrogens with one attached hydrogen (secondary N) is 1. The summed E-state index contributed by atoms with van der Waals surface area (Å²) in [5.41, 5.74) is 1.15. The lowest BCUT2D eigenvalue weighted by atomic mass is 10.1. The molecular formula is C13H20N2O. The van der Waals surface area contributed by atoms with Gasteiger partial charge >= 0.3 is 0 Å². The third kappa shape index (κ3) is 2.67. The molecule has 3 nitrogen and oxygen atoms in total. The van der Waals surface area contributed by atoms with Crippen molar-refractivity contribution in [3.05, 3.63) is 24.3 Å². The maximum atomic E-state index is 6.04. The van der Waals surface area contributed by atoms with Crippen LogP contribution in [-0.4, -0.2) is 33.3 Å². The Balaban J connectivity index is 2.07. The summed E-state index contributed by atoms with van der Waals surface area (Å²) in [6, 6.07) is 8.20. The predicted molar refractivity (Wildman–Crippen MR) is 67.3 cm³/mol. The average molecular weight is 220 g/mol. The molecule has 0 radical (unpaired) electrons. The van der Waals surface area contributed by atoms with E-state index >= 15 is 0 Å². The van der Waals surface area contributed by atoms with Gasteiger partial charge in [0.2, 0.25) is 0 Å². The maximum Gasteiger partial charge on any atom is 0.143 e. The van der Waals surface area contributed by atoms with Crippen LogP contribution in [0.15, 0.2) is 24.3 Å². The molecule has 1 heterocycles. The van der Waals surface area contributed by atoms with Gasteiger partial charge in [-0.3, -0.25) is 0 Å². The highest BCUT2D eigenvalue weighted by Gasteiger charge is 2.16. The van der Waals surface area contributed by atoms with Crippen LogP contribution < -0.4 is 15.0 Å². The van der Waals surface area contributed by atoms with Gasteiger partial charge < -0.3 is 15.0 Å². The molecule has 1 saturated heterocycles. The smallest absolute Gasteiger partial charge is 0.143 e. The van der Waals surface area contributed by atoms with E-state index in [4.69, 9.17) is 4.74 Å². The number of hydrogen-bond acceptors (Lipinski definition) is 3. The molecule has 1 aromatic carbocycles. The zero-order valence-corrected chi connectivity index (χ0v) is 10.1. The summed E-state index contributed by atoms with van der Waals surface area (Å²) in [6.45, 7) is 2.08. The molecule has 0 amide bonds. The molecule has 1 fully saturated rings. The van der Waals surface area contributed by atoms with Crippen LogP contribution >= 0.6 is 0 Å². The monoisotopic (exact) mass is 220 g/mol. The van der Waals surface area contributed by atoms with Crippen LogP contribution in [0.4, 0.5) is 5.69 Å². The summed E-state index contributed by atoms with van der Waals surface area (Å²) in [5, 5.41) is 3.37. The number of rotatable bonds is 3. The zero-order chi connectivity index (χ0) is 11.4. The first-order valence-corrected chi connectivity index (χ1v) is 5.91. The minimum absolute atomic E-state index is 0.315. The van der Waals surface area contributed by atoms with Crippen molar-refractivity contribution < 1.29 is 4.74 Å². The third-order valence-electron chi connectivity index (χ3n) is 2.89. The summed E-state index contributed by atoms with van der Waals surface area (Å²) in [5.74, 6) is 0.987. The zero-order valence-electron chi connectivity index (χ0n) is 10.1. The Kier molecular flexibility index (Phi) is 3.67. The lowest BCUT2D eigenvalue weighted by molar-refractivity contribution is 0.167. The maximum absolute atomic E-state index is 6.04. The van der Waals surface area contributed by atoms with Crippen molar-refractivity contribution in [2.75, 3.05) is 32.1 Å². The van der Waals surface area contributed by atoms with Crippen LogP contribution in [0.25, 0.3) is 0 Å². The second-order valence-electron chi connectivity index (χ2n) is 4.45. The van der Waals surface area contributed by atoms with Crippen LogP contribution in [-0.2, 0) is 0 Å². The highest BCUT2D eigenvalue weighted by Crippen LogP contribution is 2.27. The Morgan fingerprint density at radius 2 is 2.12 bits per heavy atom. The number of piperidine rings is 1. The number of nitrogens with zero attached hydrogens (tertiary/aromatic N) is 1. The largest absolute Gasteiger partial charge is 0.487 e. The van der Waals surface area contributed by atoms with Crippen molar-refractivity contribution in [2.24, 2.45) is 0 Å². The van der Waals surface area contributed by atoms with Gasteiger partial charge in [-0.25, -0.2) is 0 Å². The third-order valence-corrected chi connectivity index (χ3v) is 2.89. The quantitative estimate of drug-likeness (QED) is 0.842. The molecule has 1 atom stereocenters. The predicted octanol–water partition coefficient (Wildman–Crippen LogP) is 1.88. The molecule has 1 aliphatic rings. The van der Waals surface area contributed by atoms with Gasteiger partial charge in [-0.05, 0) is 31.5 Å². The number of ether oxygens (including phenoxy) is 1. The minimum atomic E-state index is 0.315. The molecule has 0 aromatic heterocycles. The van der Waals surface area contributed by atoms with Crippen LogP contribution in [0.3, 0.4) is 0 Å². The molecular weight excluding hydrogens is 200 g/mol. The van der Waals surface area contributed by atoms with Crippen molar-refractivity contribution in [1.29, 1.82) is 0 Å². The summed E-state index contributed by atoms with van der Waals surface area (Å²) < 4.78 is 6.04. The van der Waals surface area contributed by atoms with Crippen molar-refractivity contribution in [3.63, 3.8) is 0 Å². The first kappa shape index (κ1) is 11.3. The molecule has 16 heavy (non-hydrogen) atoms. The van der Waals surface area contributed by atoms with E-state index in [1.54, 1.807) is 0 Å². The average Bonchev–Trinajstić information content (AvgIpc) is 2.31. The molecule has 88 valence electrons. The summed E-state index contributed by atoms with van der Waals surface area (Å²) in [7, 11) is 4.09. The number of benzene rings is 1. The van der Waals surface area contributed by atoms with E-state index < -0.39 is 0 Å². The first-order chi connectivity index (χ1) is 7.77. The molecule has 1 aliphatic heterocycles. The second-order valence-corrected chi connectivity index (χ2v) is 4.45. The summed E-state index contributed by atoms with van der Waals surface area (Å²) in [6.07, 6.45) is 2.67. The molecule has 1 N–H and O–H groups in total. The van der Waals surface area contributed by atoms with Gasteiger partial charge in [-0.15, -0.1) is 0 Å². The fraction of sp³-hybridized carbons (Fsp3) is 0.538. The van der Waals surface area contributed by atoms with E-state index in [2.05, 4.69) is 16.3 Å². The summed E-state index contributed by atoms with van der Waals surface area (Å²) >= 11 is 0. The van der Waals surface area contributed by atoms with Crippen LogP contribution in [0.2, 0.25) is 0 Å². The Morgan fingerprint density at radius 1 is 1.31 bits per heavy atom. The first-order valence-electron chi connectivity index (χ1n) is 5.91. The van der Waals surface area contributed by atoms with E-state index in [-0.39, 0.29) is 0 Å². The van der Waals surface area contributed by atoms with E-state index in [9.17, 15) is 0 Å². The van der Waals surface area contributed by atoms with Crippen molar-refractivity contribution >= 4 is 5.69 Å². The number of para-hydroxylation sites is 2. The highest BCUT2D eigenvalue weighted by molar-refractivity contribution is 5.57. The fourth-order valence-corrected chi connectivity index (χ4v) is 2.03. The SMILES string of the molecule is CN(C)c1ccccc1OC1CCCNC1. The molecule has 2 rings (SSSR count). The van der Waals surface area contributed by atoms with Crippen LogP contribution in [0.5, 0.6) is 5.75 Å². The van der Waals surface area contributed by atoms with E-state index in [0.717, 1.165) is 30.9 Å². The van der Waals surface area contributed by atoms with Crippen molar-refractivity contribution in [1.82, 2.24) is 5.32 Å². The molecule has 0 spiro atoms. The van der Waals surface area contributed by atoms with Gasteiger partial charge in [-0.1, -0.05) is 12.1 Å². The summed E-state index contributed by atoms with van der Waals surface area (Å²) in [4.78, 5) is 2.09. The van der Waals surface area contributed by atoms with Gasteiger partial charge in [0, 0.05) is 20.6 Å². The molecule has 1 aromatic rings. The Morgan fingerprint density at radius 3 is 2.81 bits per heavy atom. The Bertz CT molecular complexity index is 332. The van der Waals surface area contributed by atoms with Gasteiger partial charge in [0.05, 0.1) is 5.69 Å². The van der Waals surface area contributed by atoms with Crippen molar-refractivity contribution in [3.8, 4) is 5.75 Å². The molecule has 1 unspecified atom stereocenters. The van der Waals surface area contributed by atoms with Crippen LogP contribution in [0, 0.1) is 0 Å². The number of anilines is 1. The van der Waals surface area contributed by atoms with Crippen LogP contribution in [0.1, 0.15) is 12.8 Å². The van der Waals surface area contributed by atoms with E-state index in [1.807, 2.05) is 32.3 Å². The minimum Gasteiger partial charge on any atom is -0.487 e. The van der Waals surface area contributed by atoms with E-state index in [1.165, 1.54) is 6.42 Å². The van der Waals surface area contributed by atoms with Crippen molar-refractivity contribution in [2.45, 2.75) is 18.9 Å².